The molecule has 1 N–H and O–H groups in total. The second-order valence-electron chi connectivity index (χ2n) is 12.1. The lowest BCUT2D eigenvalue weighted by atomic mass is 9.95. The van der Waals surface area contributed by atoms with E-state index < -0.39 is 5.60 Å². The minimum absolute atomic E-state index is 0.145. The van der Waals surface area contributed by atoms with Crippen LogP contribution in [0, 0.1) is 6.92 Å². The summed E-state index contributed by atoms with van der Waals surface area (Å²) in [6, 6.07) is 5.98. The molecule has 2 fully saturated rings. The fourth-order valence-corrected chi connectivity index (χ4v) is 6.37. The Bertz CT molecular complexity index is 1700. The van der Waals surface area contributed by atoms with E-state index in [1.165, 1.54) is 0 Å². The van der Waals surface area contributed by atoms with Gasteiger partial charge in [-0.3, -0.25) is 5.10 Å². The van der Waals surface area contributed by atoms with Gasteiger partial charge in [0.1, 0.15) is 18.0 Å². The number of nitrogens with zero attached hydrogens (tertiary/aromatic N) is 6. The highest BCUT2D eigenvalue weighted by Crippen LogP contribution is 2.48. The average molecular weight is 592 g/mol. The number of piperazine rings is 1. The van der Waals surface area contributed by atoms with Gasteiger partial charge in [0, 0.05) is 43.7 Å². The molecule has 5 heterocycles. The van der Waals surface area contributed by atoms with Gasteiger partial charge in [0.15, 0.2) is 5.75 Å². The Hall–Kier alpha value is -3.83. The maximum Gasteiger partial charge on any atom is 0.410 e. The van der Waals surface area contributed by atoms with Crippen molar-refractivity contribution < 1.29 is 19.0 Å². The van der Waals surface area contributed by atoms with E-state index in [4.69, 9.17) is 35.8 Å². The summed E-state index contributed by atoms with van der Waals surface area (Å²) >= 11 is 7.24. The summed E-state index contributed by atoms with van der Waals surface area (Å²) in [6.07, 6.45) is 1.50. The van der Waals surface area contributed by atoms with Crippen molar-refractivity contribution in [3.63, 3.8) is 0 Å². The first kappa shape index (κ1) is 27.0. The number of nitrogens with one attached hydrogen (secondary N) is 1. The third-order valence-corrected chi connectivity index (χ3v) is 8.45. The molecule has 0 aliphatic carbocycles. The number of H-pyrrole nitrogens is 1. The molecule has 7 rings (SSSR count). The molecule has 1 atom stereocenters. The SMILES string of the molecule is Cc1ccc2[nH]ncc2c1-c1cc2nc(N3CCOCC3)nc3c2c(c1Cl)OC[C@@H]1CN(C(=O)OC(C)(C)C)CCN31. The third-order valence-electron chi connectivity index (χ3n) is 8.07. The molecular formula is C30H34ClN7O4. The monoisotopic (exact) mass is 591 g/mol. The second-order valence-corrected chi connectivity index (χ2v) is 12.5. The molecule has 4 aromatic rings. The highest BCUT2D eigenvalue weighted by Gasteiger charge is 2.38. The van der Waals surface area contributed by atoms with Crippen LogP contribution in [0.4, 0.5) is 16.6 Å². The molecule has 11 nitrogen and oxygen atoms in total. The van der Waals surface area contributed by atoms with Crippen LogP contribution in [0.3, 0.4) is 0 Å². The van der Waals surface area contributed by atoms with Crippen LogP contribution in [0.2, 0.25) is 5.02 Å². The van der Waals surface area contributed by atoms with E-state index in [1.807, 2.05) is 39.1 Å². The van der Waals surface area contributed by atoms with Crippen LogP contribution < -0.4 is 14.5 Å². The van der Waals surface area contributed by atoms with Gasteiger partial charge in [-0.25, -0.2) is 9.78 Å². The maximum atomic E-state index is 13.0. The van der Waals surface area contributed by atoms with Crippen molar-refractivity contribution in [2.45, 2.75) is 39.3 Å². The minimum Gasteiger partial charge on any atom is -0.489 e. The Morgan fingerprint density at radius 3 is 2.74 bits per heavy atom. The molecule has 3 aliphatic heterocycles. The van der Waals surface area contributed by atoms with E-state index in [9.17, 15) is 4.79 Å². The molecule has 42 heavy (non-hydrogen) atoms. The Morgan fingerprint density at radius 1 is 1.14 bits per heavy atom. The van der Waals surface area contributed by atoms with Crippen molar-refractivity contribution in [3.05, 3.63) is 35.0 Å². The Labute approximate surface area is 248 Å². The van der Waals surface area contributed by atoms with E-state index in [1.54, 1.807) is 4.90 Å². The molecule has 1 amide bonds. The number of aromatic nitrogens is 4. The summed E-state index contributed by atoms with van der Waals surface area (Å²) in [5, 5.41) is 9.61. The summed E-state index contributed by atoms with van der Waals surface area (Å²) in [6.45, 7) is 12.2. The van der Waals surface area contributed by atoms with Gasteiger partial charge in [-0.15, -0.1) is 0 Å². The summed E-state index contributed by atoms with van der Waals surface area (Å²) in [7, 11) is 0. The van der Waals surface area contributed by atoms with Crippen molar-refractivity contribution in [1.29, 1.82) is 0 Å². The number of hydrogen-bond acceptors (Lipinski definition) is 9. The zero-order valence-corrected chi connectivity index (χ0v) is 25.0. The molecule has 220 valence electrons. The van der Waals surface area contributed by atoms with Crippen molar-refractivity contribution in [2.24, 2.45) is 0 Å². The van der Waals surface area contributed by atoms with E-state index >= 15 is 0 Å². The number of ether oxygens (including phenoxy) is 3. The van der Waals surface area contributed by atoms with E-state index in [-0.39, 0.29) is 12.1 Å². The quantitative estimate of drug-likeness (QED) is 0.352. The molecule has 3 aliphatic rings. The number of fused-ring (bicyclic) bond motifs is 3. The fraction of sp³-hybridized carbons (Fsp3) is 0.467. The number of aryl methyl sites for hydroxylation is 1. The van der Waals surface area contributed by atoms with Gasteiger partial charge in [-0.05, 0) is 51.0 Å². The van der Waals surface area contributed by atoms with Crippen LogP contribution in [-0.4, -0.2) is 95.3 Å². The zero-order valence-electron chi connectivity index (χ0n) is 24.2. The third kappa shape index (κ3) is 4.64. The van der Waals surface area contributed by atoms with Crippen molar-refractivity contribution in [1.82, 2.24) is 25.1 Å². The number of aromatic amines is 1. The lowest BCUT2D eigenvalue weighted by Crippen LogP contribution is -2.57. The number of anilines is 2. The van der Waals surface area contributed by atoms with Gasteiger partial charge in [0.05, 0.1) is 46.9 Å². The lowest BCUT2D eigenvalue weighted by Gasteiger charge is -2.41. The normalized spacial score (nSPS) is 19.1. The molecule has 2 aromatic heterocycles. The molecular weight excluding hydrogens is 558 g/mol. The van der Waals surface area contributed by atoms with Crippen LogP contribution >= 0.6 is 11.6 Å². The predicted octanol–water partition coefficient (Wildman–Crippen LogP) is 4.79. The van der Waals surface area contributed by atoms with Crippen LogP contribution in [0.5, 0.6) is 5.75 Å². The number of rotatable bonds is 2. The Balaban J connectivity index is 1.38. The summed E-state index contributed by atoms with van der Waals surface area (Å²) in [5.74, 6) is 1.98. The van der Waals surface area contributed by atoms with Crippen molar-refractivity contribution >= 4 is 51.3 Å². The lowest BCUT2D eigenvalue weighted by molar-refractivity contribution is 0.0202. The van der Waals surface area contributed by atoms with Crippen LogP contribution in [-0.2, 0) is 9.47 Å². The smallest absolute Gasteiger partial charge is 0.410 e. The maximum absolute atomic E-state index is 13.0. The fourth-order valence-electron chi connectivity index (χ4n) is 6.07. The van der Waals surface area contributed by atoms with Crippen LogP contribution in [0.25, 0.3) is 32.9 Å². The number of halogens is 1. The first-order valence-corrected chi connectivity index (χ1v) is 14.7. The number of amides is 1. The number of carbonyl (C=O) groups excluding carboxylic acids is 1. The Kier molecular flexibility index (Phi) is 6.54. The van der Waals surface area contributed by atoms with Gasteiger partial charge >= 0.3 is 6.09 Å². The summed E-state index contributed by atoms with van der Waals surface area (Å²) in [4.78, 5) is 29.3. The first-order valence-electron chi connectivity index (χ1n) is 14.4. The van der Waals surface area contributed by atoms with Gasteiger partial charge in [0.2, 0.25) is 5.95 Å². The number of hydrogen-bond donors (Lipinski definition) is 1. The van der Waals surface area contributed by atoms with E-state index in [2.05, 4.69) is 33.0 Å². The van der Waals surface area contributed by atoms with E-state index in [0.29, 0.717) is 69.3 Å². The molecule has 0 bridgehead atoms. The van der Waals surface area contributed by atoms with Gasteiger partial charge in [0.25, 0.3) is 0 Å². The highest BCUT2D eigenvalue weighted by atomic mass is 35.5. The number of carbonyl (C=O) groups is 1. The first-order chi connectivity index (χ1) is 20.2. The van der Waals surface area contributed by atoms with E-state index in [0.717, 1.165) is 44.3 Å². The summed E-state index contributed by atoms with van der Waals surface area (Å²) in [5.41, 5.74) is 3.99. The average Bonchev–Trinajstić information content (AvgIpc) is 3.38. The molecule has 0 spiro atoms. The molecule has 0 saturated carbocycles. The standard InChI is InChI=1S/C30H34ClN7O4/c1-17-5-6-21-20(14-32-35-21)23(17)19-13-22-24-26(25(19)31)41-16-18-15-37(29(39)42-30(2,3)4)7-8-38(18)27(24)34-28(33-22)36-9-11-40-12-10-36/h5-6,13-14,18H,7-12,15-16H2,1-4H3,(H,32,35)/t18-/m0/s1. The van der Waals surface area contributed by atoms with Gasteiger partial charge in [-0.2, -0.15) is 10.1 Å². The summed E-state index contributed by atoms with van der Waals surface area (Å²) < 4.78 is 17.8. The second kappa shape index (κ2) is 10.2. The van der Waals surface area contributed by atoms with Gasteiger partial charge in [-0.1, -0.05) is 17.7 Å². The van der Waals surface area contributed by atoms with Crippen molar-refractivity contribution in [3.8, 4) is 16.9 Å². The Morgan fingerprint density at radius 2 is 1.95 bits per heavy atom. The van der Waals surface area contributed by atoms with Crippen LogP contribution in [0.1, 0.15) is 26.3 Å². The number of benzene rings is 2. The molecule has 0 radical (unpaired) electrons. The molecule has 2 aromatic carbocycles. The predicted molar refractivity (Wildman–Crippen MR) is 162 cm³/mol. The zero-order chi connectivity index (χ0) is 29.2. The van der Waals surface area contributed by atoms with Crippen molar-refractivity contribution in [2.75, 3.05) is 62.3 Å². The molecule has 2 saturated heterocycles. The largest absolute Gasteiger partial charge is 0.489 e. The van der Waals surface area contributed by atoms with Crippen LogP contribution in [0.15, 0.2) is 24.4 Å². The number of morpholine rings is 1. The molecule has 12 heteroatoms. The molecule has 0 unspecified atom stereocenters. The topological polar surface area (TPSA) is 109 Å². The minimum atomic E-state index is -0.573. The highest BCUT2D eigenvalue weighted by molar-refractivity contribution is 6.37. The van der Waals surface area contributed by atoms with Gasteiger partial charge < -0.3 is 28.9 Å².